The number of rotatable bonds is 3. The molecule has 0 fully saturated rings. The van der Waals surface area contributed by atoms with Gasteiger partial charge in [-0.1, -0.05) is 47.7 Å². The topological polar surface area (TPSA) is 54.9 Å². The number of benzene rings is 2. The van der Waals surface area contributed by atoms with Gasteiger partial charge in [0.25, 0.3) is 5.91 Å². The van der Waals surface area contributed by atoms with Gasteiger partial charge in [-0.05, 0) is 24.6 Å². The molecule has 0 saturated carbocycles. The van der Waals surface area contributed by atoms with Gasteiger partial charge in [0.15, 0.2) is 0 Å². The van der Waals surface area contributed by atoms with Crippen molar-refractivity contribution in [3.63, 3.8) is 0 Å². The molecule has 1 heterocycles. The number of aryl methyl sites for hydroxylation is 1. The van der Waals surface area contributed by atoms with Crippen molar-refractivity contribution in [2.24, 2.45) is 0 Å². The third kappa shape index (κ3) is 3.69. The summed E-state index contributed by atoms with van der Waals surface area (Å²) in [6, 6.07) is 12.1. The van der Waals surface area contributed by atoms with Crippen molar-refractivity contribution < 1.29 is 18.0 Å². The van der Waals surface area contributed by atoms with Gasteiger partial charge in [-0.3, -0.25) is 10.1 Å². The molecule has 128 valence electrons. The van der Waals surface area contributed by atoms with Crippen LogP contribution < -0.4 is 5.32 Å². The van der Waals surface area contributed by atoms with Crippen LogP contribution in [0.1, 0.15) is 21.5 Å². The van der Waals surface area contributed by atoms with E-state index in [0.717, 1.165) is 34.6 Å². The van der Waals surface area contributed by atoms with Crippen LogP contribution >= 0.6 is 11.3 Å². The molecule has 0 saturated heterocycles. The third-order valence-corrected chi connectivity index (χ3v) is 4.37. The molecule has 1 N–H and O–H groups in total. The van der Waals surface area contributed by atoms with E-state index in [4.69, 9.17) is 0 Å². The van der Waals surface area contributed by atoms with Crippen LogP contribution in [0.5, 0.6) is 0 Å². The highest BCUT2D eigenvalue weighted by molar-refractivity contribution is 7.18. The van der Waals surface area contributed by atoms with Crippen LogP contribution in [0.15, 0.2) is 48.5 Å². The lowest BCUT2D eigenvalue weighted by Crippen LogP contribution is -2.18. The van der Waals surface area contributed by atoms with Crippen LogP contribution in [-0.2, 0) is 6.18 Å². The molecule has 1 amide bonds. The fourth-order valence-corrected chi connectivity index (χ4v) is 3.12. The van der Waals surface area contributed by atoms with Crippen molar-refractivity contribution in [2.75, 3.05) is 5.32 Å². The van der Waals surface area contributed by atoms with Gasteiger partial charge in [0.05, 0.1) is 11.1 Å². The molecule has 1 aromatic heterocycles. The summed E-state index contributed by atoms with van der Waals surface area (Å²) in [4.78, 5) is 12.2. The first-order valence-corrected chi connectivity index (χ1v) is 8.05. The van der Waals surface area contributed by atoms with Crippen LogP contribution in [0.4, 0.5) is 18.3 Å². The molecule has 0 bridgehead atoms. The van der Waals surface area contributed by atoms with Crippen molar-refractivity contribution in [1.29, 1.82) is 0 Å². The molecular formula is C17H12F3N3OS. The van der Waals surface area contributed by atoms with Crippen LogP contribution in [-0.4, -0.2) is 16.1 Å². The number of alkyl halides is 3. The predicted molar refractivity (Wildman–Crippen MR) is 89.5 cm³/mol. The molecular weight excluding hydrogens is 351 g/mol. The number of amides is 1. The summed E-state index contributed by atoms with van der Waals surface area (Å²) in [7, 11) is 0. The molecule has 0 aliphatic heterocycles. The first-order valence-electron chi connectivity index (χ1n) is 7.23. The normalized spacial score (nSPS) is 11.4. The second-order valence-corrected chi connectivity index (χ2v) is 6.20. The zero-order valence-electron chi connectivity index (χ0n) is 13.0. The Balaban J connectivity index is 1.85. The lowest BCUT2D eigenvalue weighted by molar-refractivity contribution is -0.137. The molecule has 0 aliphatic carbocycles. The van der Waals surface area contributed by atoms with E-state index in [-0.39, 0.29) is 5.13 Å². The Hall–Kier alpha value is -2.74. The maximum Gasteiger partial charge on any atom is 0.417 e. The highest BCUT2D eigenvalue weighted by atomic mass is 32.1. The number of carbonyl (C=O) groups excluding carboxylic acids is 1. The minimum absolute atomic E-state index is 0.139. The number of nitrogens with one attached hydrogen (secondary N) is 1. The Kier molecular flexibility index (Phi) is 4.54. The molecule has 2 aromatic carbocycles. The molecule has 8 heteroatoms. The van der Waals surface area contributed by atoms with E-state index in [9.17, 15) is 18.0 Å². The average Bonchev–Trinajstić information content (AvgIpc) is 3.02. The first kappa shape index (κ1) is 17.1. The van der Waals surface area contributed by atoms with E-state index in [1.807, 2.05) is 31.2 Å². The van der Waals surface area contributed by atoms with Crippen LogP contribution in [0.2, 0.25) is 0 Å². The predicted octanol–water partition coefficient (Wildman–Crippen LogP) is 4.78. The average molecular weight is 363 g/mol. The van der Waals surface area contributed by atoms with Gasteiger partial charge >= 0.3 is 6.18 Å². The van der Waals surface area contributed by atoms with Gasteiger partial charge in [0, 0.05) is 5.56 Å². The summed E-state index contributed by atoms with van der Waals surface area (Å²) in [5, 5.41) is 10.9. The highest BCUT2D eigenvalue weighted by Gasteiger charge is 2.35. The van der Waals surface area contributed by atoms with Crippen LogP contribution in [0, 0.1) is 6.92 Å². The van der Waals surface area contributed by atoms with E-state index < -0.39 is 23.2 Å². The number of nitrogens with zero attached hydrogens (tertiary/aromatic N) is 2. The van der Waals surface area contributed by atoms with E-state index in [1.165, 1.54) is 12.1 Å². The van der Waals surface area contributed by atoms with Gasteiger partial charge in [-0.25, -0.2) is 0 Å². The maximum absolute atomic E-state index is 13.0. The van der Waals surface area contributed by atoms with Gasteiger partial charge in [-0.15, -0.1) is 10.2 Å². The maximum atomic E-state index is 13.0. The Labute approximate surface area is 145 Å². The quantitative estimate of drug-likeness (QED) is 0.728. The van der Waals surface area contributed by atoms with Crippen molar-refractivity contribution in [3.05, 3.63) is 65.2 Å². The summed E-state index contributed by atoms with van der Waals surface area (Å²) < 4.78 is 39.0. The largest absolute Gasteiger partial charge is 0.417 e. The van der Waals surface area contributed by atoms with Crippen LogP contribution in [0.25, 0.3) is 10.6 Å². The molecule has 0 atom stereocenters. The highest BCUT2D eigenvalue weighted by Crippen LogP contribution is 2.33. The number of carbonyl (C=O) groups is 1. The van der Waals surface area contributed by atoms with Crippen molar-refractivity contribution >= 4 is 22.4 Å². The summed E-state index contributed by atoms with van der Waals surface area (Å²) in [6.07, 6.45) is -4.61. The molecule has 0 spiro atoms. The van der Waals surface area contributed by atoms with Crippen molar-refractivity contribution in [1.82, 2.24) is 10.2 Å². The monoisotopic (exact) mass is 363 g/mol. The minimum atomic E-state index is -4.61. The Morgan fingerprint density at radius 1 is 1.04 bits per heavy atom. The standard InChI is InChI=1S/C17H12F3N3OS/c1-10-6-2-3-7-11(10)15-22-23-16(25-15)21-14(24)12-8-4-5-9-13(12)17(18,19)20/h2-9H,1H3,(H,21,23,24). The molecule has 0 aliphatic rings. The van der Waals surface area contributed by atoms with Crippen molar-refractivity contribution in [3.8, 4) is 10.6 Å². The number of anilines is 1. The summed E-state index contributed by atoms with van der Waals surface area (Å²) in [6.45, 7) is 1.91. The van der Waals surface area contributed by atoms with Crippen LogP contribution in [0.3, 0.4) is 0 Å². The van der Waals surface area contributed by atoms with Gasteiger partial charge in [0.1, 0.15) is 5.01 Å². The van der Waals surface area contributed by atoms with Gasteiger partial charge < -0.3 is 0 Å². The zero-order chi connectivity index (χ0) is 18.0. The summed E-state index contributed by atoms with van der Waals surface area (Å²) in [5.74, 6) is -0.875. The Bertz CT molecular complexity index is 921. The molecule has 3 rings (SSSR count). The summed E-state index contributed by atoms with van der Waals surface area (Å²) in [5.41, 5.74) is 0.397. The first-order chi connectivity index (χ1) is 11.9. The second kappa shape index (κ2) is 6.64. The summed E-state index contributed by atoms with van der Waals surface area (Å²) >= 11 is 1.10. The van der Waals surface area contributed by atoms with E-state index in [2.05, 4.69) is 15.5 Å². The molecule has 25 heavy (non-hydrogen) atoms. The second-order valence-electron chi connectivity index (χ2n) is 5.22. The lowest BCUT2D eigenvalue weighted by Gasteiger charge is -2.11. The van der Waals surface area contributed by atoms with Gasteiger partial charge in [-0.2, -0.15) is 13.2 Å². The van der Waals surface area contributed by atoms with Gasteiger partial charge in [0.2, 0.25) is 5.13 Å². The number of hydrogen-bond acceptors (Lipinski definition) is 4. The zero-order valence-corrected chi connectivity index (χ0v) is 13.8. The number of aromatic nitrogens is 2. The SMILES string of the molecule is Cc1ccccc1-c1nnc(NC(=O)c2ccccc2C(F)(F)F)s1. The minimum Gasteiger partial charge on any atom is -0.296 e. The smallest absolute Gasteiger partial charge is 0.296 e. The molecule has 3 aromatic rings. The number of halogens is 3. The molecule has 4 nitrogen and oxygen atoms in total. The van der Waals surface area contributed by atoms with E-state index >= 15 is 0 Å². The van der Waals surface area contributed by atoms with E-state index in [0.29, 0.717) is 5.01 Å². The lowest BCUT2D eigenvalue weighted by atomic mass is 10.1. The molecule has 0 radical (unpaired) electrons. The Morgan fingerprint density at radius 3 is 2.44 bits per heavy atom. The van der Waals surface area contributed by atoms with Crippen molar-refractivity contribution in [2.45, 2.75) is 13.1 Å². The Morgan fingerprint density at radius 2 is 1.72 bits per heavy atom. The third-order valence-electron chi connectivity index (χ3n) is 3.50. The number of hydrogen-bond donors (Lipinski definition) is 1. The van der Waals surface area contributed by atoms with E-state index in [1.54, 1.807) is 0 Å². The fourth-order valence-electron chi connectivity index (χ4n) is 2.29. The molecule has 0 unspecified atom stereocenters. The fraction of sp³-hybridized carbons (Fsp3) is 0.118.